The lowest BCUT2D eigenvalue weighted by Crippen LogP contribution is -2.41. The largest absolute Gasteiger partial charge is 0.493 e. The van der Waals surface area contributed by atoms with Crippen LogP contribution in [0.3, 0.4) is 0 Å². The van der Waals surface area contributed by atoms with E-state index < -0.39 is 0 Å². The van der Waals surface area contributed by atoms with Crippen LogP contribution in [-0.4, -0.2) is 34.2 Å². The van der Waals surface area contributed by atoms with E-state index in [-0.39, 0.29) is 6.79 Å². The van der Waals surface area contributed by atoms with Crippen LogP contribution in [0.5, 0.6) is 34.5 Å². The molecule has 0 saturated heterocycles. The first kappa shape index (κ1) is 36.0. The molecule has 0 atom stereocenters. The molecular weight excluding hydrogens is 663 g/mol. The molecule has 0 saturated carbocycles. The van der Waals surface area contributed by atoms with E-state index in [2.05, 4.69) is 85.4 Å². The molecular formula is C46H50NO6+. The second-order valence-electron chi connectivity index (χ2n) is 13.7. The van der Waals surface area contributed by atoms with Crippen molar-refractivity contribution in [3.8, 4) is 56.9 Å². The summed E-state index contributed by atoms with van der Waals surface area (Å²) < 4.78 is 38.1. The zero-order valence-electron chi connectivity index (χ0n) is 31.3. The van der Waals surface area contributed by atoms with Crippen molar-refractivity contribution in [1.29, 1.82) is 0 Å². The number of rotatable bonds is 17. The van der Waals surface area contributed by atoms with E-state index in [1.165, 1.54) is 33.3 Å². The fourth-order valence-corrected chi connectivity index (χ4v) is 7.66. The number of hydrogen-bond acceptors (Lipinski definition) is 6. The van der Waals surface area contributed by atoms with Crippen LogP contribution in [0.2, 0.25) is 0 Å². The van der Waals surface area contributed by atoms with Crippen molar-refractivity contribution in [2.45, 2.75) is 64.8 Å². The Bertz CT molecular complexity index is 2140. The number of nitrogens with zero attached hydrogens (tertiary/aromatic N) is 1. The van der Waals surface area contributed by atoms with Gasteiger partial charge in [-0.1, -0.05) is 31.2 Å². The van der Waals surface area contributed by atoms with Gasteiger partial charge in [0, 0.05) is 22.9 Å². The molecule has 0 bridgehead atoms. The van der Waals surface area contributed by atoms with E-state index in [4.69, 9.17) is 28.4 Å². The first-order valence-corrected chi connectivity index (χ1v) is 18.8. The zero-order chi connectivity index (χ0) is 36.7. The number of pyridine rings is 1. The van der Waals surface area contributed by atoms with Gasteiger partial charge in [0.05, 0.1) is 38.4 Å². The Balaban J connectivity index is 1.09. The summed E-state index contributed by atoms with van der Waals surface area (Å²) in [4.78, 5) is 0. The molecule has 274 valence electrons. The first-order valence-electron chi connectivity index (χ1n) is 18.8. The molecule has 0 amide bonds. The van der Waals surface area contributed by atoms with Gasteiger partial charge >= 0.3 is 0 Å². The van der Waals surface area contributed by atoms with Crippen LogP contribution in [-0.2, 0) is 32.2 Å². The summed E-state index contributed by atoms with van der Waals surface area (Å²) >= 11 is 0. The third-order valence-electron chi connectivity index (χ3n) is 10.2. The second-order valence-corrected chi connectivity index (χ2v) is 13.7. The van der Waals surface area contributed by atoms with Crippen LogP contribution in [0.1, 0.15) is 54.9 Å². The number of hydrogen-bond donors (Lipinski definition) is 0. The van der Waals surface area contributed by atoms with Crippen molar-refractivity contribution >= 4 is 10.8 Å². The normalized spacial score (nSPS) is 12.6. The van der Waals surface area contributed by atoms with E-state index >= 15 is 0 Å². The Labute approximate surface area is 313 Å². The van der Waals surface area contributed by atoms with Gasteiger partial charge in [-0.2, -0.15) is 4.57 Å². The summed E-state index contributed by atoms with van der Waals surface area (Å²) in [5.74, 6) is 4.95. The van der Waals surface area contributed by atoms with Gasteiger partial charge in [-0.15, -0.1) is 13.2 Å². The summed E-state index contributed by atoms with van der Waals surface area (Å²) in [5.41, 5.74) is 9.60. The summed E-state index contributed by atoms with van der Waals surface area (Å²) in [7, 11) is 3.40. The fraction of sp³-hybridized carbons (Fsp3) is 0.326. The number of ether oxygens (including phenoxy) is 6. The SMILES string of the molecule is C=CCc1ccc(OCCC)c(-c2ccc(OCCCCCc3c4[n+](cc5c(OC)c(OC)ccc35)CCc3cc5c(cc3-4)OCO5)c(CC=C)c2)c1. The van der Waals surface area contributed by atoms with E-state index in [1.54, 1.807) is 14.2 Å². The van der Waals surface area contributed by atoms with Crippen molar-refractivity contribution in [3.05, 3.63) is 114 Å². The van der Waals surface area contributed by atoms with Gasteiger partial charge in [0.1, 0.15) is 11.5 Å². The number of allylic oxidation sites excluding steroid dienone is 2. The Kier molecular flexibility index (Phi) is 11.2. The third kappa shape index (κ3) is 7.43. The average molecular weight is 713 g/mol. The maximum absolute atomic E-state index is 6.44. The molecule has 2 aliphatic heterocycles. The number of benzene rings is 4. The van der Waals surface area contributed by atoms with Gasteiger partial charge < -0.3 is 28.4 Å². The van der Waals surface area contributed by atoms with Gasteiger partial charge in [-0.3, -0.25) is 0 Å². The van der Waals surface area contributed by atoms with Crippen molar-refractivity contribution in [2.75, 3.05) is 34.2 Å². The number of aryl methyl sites for hydroxylation is 3. The maximum Gasteiger partial charge on any atom is 0.231 e. The molecule has 3 heterocycles. The average Bonchev–Trinajstić information content (AvgIpc) is 3.65. The lowest BCUT2D eigenvalue weighted by atomic mass is 9.89. The van der Waals surface area contributed by atoms with Crippen molar-refractivity contribution in [1.82, 2.24) is 0 Å². The summed E-state index contributed by atoms with van der Waals surface area (Å²) in [6.07, 6.45) is 13.4. The van der Waals surface area contributed by atoms with Gasteiger partial charge in [0.2, 0.25) is 12.5 Å². The molecule has 7 heteroatoms. The lowest BCUT2D eigenvalue weighted by Gasteiger charge is -2.21. The predicted molar refractivity (Wildman–Crippen MR) is 211 cm³/mol. The Morgan fingerprint density at radius 2 is 1.55 bits per heavy atom. The van der Waals surface area contributed by atoms with Crippen LogP contribution in [0, 0.1) is 0 Å². The van der Waals surface area contributed by atoms with Gasteiger partial charge in [-0.25, -0.2) is 0 Å². The molecule has 7 rings (SSSR count). The molecule has 2 aliphatic rings. The smallest absolute Gasteiger partial charge is 0.231 e. The van der Waals surface area contributed by atoms with Crippen LogP contribution >= 0.6 is 0 Å². The minimum Gasteiger partial charge on any atom is -0.493 e. The minimum absolute atomic E-state index is 0.264. The molecule has 0 unspecified atom stereocenters. The number of fused-ring (bicyclic) bond motifs is 5. The predicted octanol–water partition coefficient (Wildman–Crippen LogP) is 9.80. The van der Waals surface area contributed by atoms with Crippen LogP contribution in [0.25, 0.3) is 33.2 Å². The standard InChI is InChI=1S/C46H50NO6/c1-6-12-31-15-18-41(50-23-8-3)37(25-31)32-16-19-40(34(26-32)13-7-2)51-24-11-9-10-14-36-35-17-20-42(48-4)46(49-5)39(35)29-47-22-21-33-27-43-44(53-30-52-43)28-38(33)45(36)47/h6-7,15-20,25-29H,1-2,8-14,21-24,30H2,3-5H3/q+1. The first-order chi connectivity index (χ1) is 26.1. The molecule has 0 aliphatic carbocycles. The van der Waals surface area contributed by atoms with E-state index in [1.807, 2.05) is 18.2 Å². The molecule has 53 heavy (non-hydrogen) atoms. The Morgan fingerprint density at radius 1 is 0.755 bits per heavy atom. The van der Waals surface area contributed by atoms with Crippen LogP contribution in [0.15, 0.2) is 92.2 Å². The molecule has 5 aromatic rings. The van der Waals surface area contributed by atoms with Crippen molar-refractivity contribution < 1.29 is 33.0 Å². The molecule has 0 radical (unpaired) electrons. The number of unbranched alkanes of at least 4 members (excludes halogenated alkanes) is 2. The molecule has 1 aromatic heterocycles. The van der Waals surface area contributed by atoms with Gasteiger partial charge in [-0.05, 0) is 116 Å². The highest BCUT2D eigenvalue weighted by Gasteiger charge is 2.32. The fourth-order valence-electron chi connectivity index (χ4n) is 7.66. The van der Waals surface area contributed by atoms with E-state index in [0.717, 1.165) is 114 Å². The summed E-state index contributed by atoms with van der Waals surface area (Å²) in [6.45, 7) is 12.5. The quantitative estimate of drug-likeness (QED) is 0.0544. The highest BCUT2D eigenvalue weighted by molar-refractivity contribution is 5.95. The lowest BCUT2D eigenvalue weighted by molar-refractivity contribution is -0.686. The molecule has 4 aromatic carbocycles. The van der Waals surface area contributed by atoms with Crippen LogP contribution < -0.4 is 33.0 Å². The highest BCUT2D eigenvalue weighted by Crippen LogP contribution is 2.44. The molecule has 0 fully saturated rings. The van der Waals surface area contributed by atoms with E-state index in [9.17, 15) is 0 Å². The molecule has 0 N–H and O–H groups in total. The number of methoxy groups -OCH3 is 2. The molecule has 7 nitrogen and oxygen atoms in total. The third-order valence-corrected chi connectivity index (χ3v) is 10.2. The molecule has 0 spiro atoms. The highest BCUT2D eigenvalue weighted by atomic mass is 16.7. The minimum atomic E-state index is 0.264. The van der Waals surface area contributed by atoms with Crippen molar-refractivity contribution in [2.24, 2.45) is 0 Å². The van der Waals surface area contributed by atoms with Gasteiger partial charge in [0.15, 0.2) is 35.7 Å². The number of aromatic nitrogens is 1. The Hall–Kier alpha value is -5.43. The van der Waals surface area contributed by atoms with Crippen molar-refractivity contribution in [3.63, 3.8) is 0 Å². The summed E-state index contributed by atoms with van der Waals surface area (Å²) in [6, 6.07) is 21.4. The van der Waals surface area contributed by atoms with Crippen LogP contribution in [0.4, 0.5) is 0 Å². The zero-order valence-corrected chi connectivity index (χ0v) is 31.3. The maximum atomic E-state index is 6.44. The topological polar surface area (TPSA) is 59.3 Å². The Morgan fingerprint density at radius 3 is 2.34 bits per heavy atom. The summed E-state index contributed by atoms with van der Waals surface area (Å²) in [5, 5.41) is 2.25. The monoisotopic (exact) mass is 712 g/mol. The van der Waals surface area contributed by atoms with E-state index in [0.29, 0.717) is 13.2 Å². The second kappa shape index (κ2) is 16.5. The van der Waals surface area contributed by atoms with Gasteiger partial charge in [0.25, 0.3) is 0 Å².